The summed E-state index contributed by atoms with van der Waals surface area (Å²) in [5, 5.41) is 0. The minimum absolute atomic E-state index is 0.174. The van der Waals surface area contributed by atoms with Crippen LogP contribution in [0.4, 0.5) is 0 Å². The minimum Gasteiger partial charge on any atom is -0.355 e. The largest absolute Gasteiger partial charge is 0.355 e. The van der Waals surface area contributed by atoms with Gasteiger partial charge in [0.15, 0.2) is 5.84 Å². The Labute approximate surface area is 118 Å². The molecule has 20 heavy (non-hydrogen) atoms. The highest BCUT2D eigenvalue weighted by atomic mass is 32.2. The molecule has 1 aromatic carbocycles. The van der Waals surface area contributed by atoms with Crippen molar-refractivity contribution in [2.45, 2.75) is 36.6 Å². The summed E-state index contributed by atoms with van der Waals surface area (Å²) >= 11 is 0. The van der Waals surface area contributed by atoms with Crippen molar-refractivity contribution < 1.29 is 13.2 Å². The molecule has 106 valence electrons. The molecule has 3 rings (SSSR count). The number of carbonyl (C=O) groups excluding carboxylic acids is 1. The van der Waals surface area contributed by atoms with E-state index in [9.17, 15) is 13.2 Å². The molecule has 0 unspecified atom stereocenters. The molecular formula is C14H16N2O3S. The van der Waals surface area contributed by atoms with Gasteiger partial charge in [0.25, 0.3) is 10.0 Å². The van der Waals surface area contributed by atoms with Crippen molar-refractivity contribution in [2.24, 2.45) is 4.40 Å². The third-order valence-electron chi connectivity index (χ3n) is 4.01. The van der Waals surface area contributed by atoms with Gasteiger partial charge in [-0.25, -0.2) is 0 Å². The maximum atomic E-state index is 12.0. The summed E-state index contributed by atoms with van der Waals surface area (Å²) in [5.41, 5.74) is 0.659. The Morgan fingerprint density at radius 2 is 1.85 bits per heavy atom. The van der Waals surface area contributed by atoms with Gasteiger partial charge >= 0.3 is 0 Å². The summed E-state index contributed by atoms with van der Waals surface area (Å²) < 4.78 is 28.0. The van der Waals surface area contributed by atoms with Crippen LogP contribution in [0.5, 0.6) is 0 Å². The smallest absolute Gasteiger partial charge is 0.285 e. The third kappa shape index (κ3) is 2.14. The second kappa shape index (κ2) is 4.70. The highest BCUT2D eigenvalue weighted by Crippen LogP contribution is 2.29. The molecule has 0 bridgehead atoms. The fourth-order valence-electron chi connectivity index (χ4n) is 2.83. The van der Waals surface area contributed by atoms with E-state index in [1.54, 1.807) is 18.2 Å². The van der Waals surface area contributed by atoms with Gasteiger partial charge in [-0.3, -0.25) is 4.79 Å². The van der Waals surface area contributed by atoms with Crippen molar-refractivity contribution in [3.05, 3.63) is 29.8 Å². The van der Waals surface area contributed by atoms with Crippen molar-refractivity contribution in [3.63, 3.8) is 0 Å². The average Bonchev–Trinajstić information content (AvgIpc) is 2.72. The van der Waals surface area contributed by atoms with E-state index in [-0.39, 0.29) is 16.7 Å². The molecule has 5 nitrogen and oxygen atoms in total. The Hall–Kier alpha value is -1.69. The zero-order chi connectivity index (χ0) is 14.3. The SMILES string of the molecule is CN(C1=NS(=O)(=O)c2ccccc21)C1CCC(=O)CC1. The van der Waals surface area contributed by atoms with Crippen molar-refractivity contribution in [3.8, 4) is 0 Å². The van der Waals surface area contributed by atoms with E-state index in [2.05, 4.69) is 4.40 Å². The fraction of sp³-hybridized carbons (Fsp3) is 0.429. The topological polar surface area (TPSA) is 66.8 Å². The van der Waals surface area contributed by atoms with Crippen LogP contribution in [-0.4, -0.2) is 38.0 Å². The standard InChI is InChI=1S/C14H16N2O3S/c1-16(10-6-8-11(17)9-7-10)14-12-4-2-3-5-13(12)20(18,19)15-14/h2-5,10H,6-9H2,1H3. The maximum Gasteiger partial charge on any atom is 0.285 e. The number of sulfonamides is 1. The number of carbonyl (C=O) groups is 1. The van der Waals surface area contributed by atoms with Gasteiger partial charge in [-0.15, -0.1) is 4.40 Å². The Balaban J connectivity index is 1.93. The lowest BCUT2D eigenvalue weighted by Gasteiger charge is -2.32. The van der Waals surface area contributed by atoms with Crippen LogP contribution in [0.25, 0.3) is 0 Å². The number of nitrogens with zero attached hydrogens (tertiary/aromatic N) is 2. The van der Waals surface area contributed by atoms with E-state index in [4.69, 9.17) is 0 Å². The average molecular weight is 292 g/mol. The molecule has 0 N–H and O–H groups in total. The second-order valence-corrected chi connectivity index (χ2v) is 6.84. The molecule has 1 aliphatic heterocycles. The van der Waals surface area contributed by atoms with E-state index in [1.807, 2.05) is 18.0 Å². The quantitative estimate of drug-likeness (QED) is 0.788. The van der Waals surface area contributed by atoms with E-state index in [0.29, 0.717) is 24.2 Å². The third-order valence-corrected chi connectivity index (χ3v) is 5.33. The van der Waals surface area contributed by atoms with Crippen LogP contribution < -0.4 is 0 Å². The molecule has 1 saturated carbocycles. The number of Topliss-reactive ketones (excluding diaryl/α,β-unsaturated/α-hetero) is 1. The van der Waals surface area contributed by atoms with E-state index in [0.717, 1.165) is 12.8 Å². The van der Waals surface area contributed by atoms with Crippen LogP contribution >= 0.6 is 0 Å². The molecule has 6 heteroatoms. The van der Waals surface area contributed by atoms with Crippen LogP contribution in [-0.2, 0) is 14.8 Å². The van der Waals surface area contributed by atoms with Crippen molar-refractivity contribution in [1.82, 2.24) is 4.90 Å². The summed E-state index contributed by atoms with van der Waals surface area (Å²) in [6.07, 6.45) is 2.65. The van der Waals surface area contributed by atoms with Crippen molar-refractivity contribution in [1.29, 1.82) is 0 Å². The summed E-state index contributed by atoms with van der Waals surface area (Å²) in [6.45, 7) is 0. The molecule has 0 spiro atoms. The molecular weight excluding hydrogens is 276 g/mol. The number of hydrogen-bond donors (Lipinski definition) is 0. The van der Waals surface area contributed by atoms with Gasteiger partial charge in [0, 0.05) is 31.5 Å². The number of ketones is 1. The molecule has 1 aliphatic carbocycles. The van der Waals surface area contributed by atoms with E-state index < -0.39 is 10.0 Å². The lowest BCUT2D eigenvalue weighted by Crippen LogP contribution is -2.39. The predicted octanol–water partition coefficient (Wildman–Crippen LogP) is 1.58. The molecule has 0 amide bonds. The molecule has 0 saturated heterocycles. The van der Waals surface area contributed by atoms with Gasteiger partial charge in [-0.1, -0.05) is 12.1 Å². The van der Waals surface area contributed by atoms with Crippen molar-refractivity contribution in [2.75, 3.05) is 7.05 Å². The molecule has 1 heterocycles. The van der Waals surface area contributed by atoms with Gasteiger partial charge in [0.2, 0.25) is 0 Å². The van der Waals surface area contributed by atoms with Crippen LogP contribution in [0.2, 0.25) is 0 Å². The van der Waals surface area contributed by atoms with Gasteiger partial charge < -0.3 is 4.90 Å². The first-order valence-corrected chi connectivity index (χ1v) is 8.12. The summed E-state index contributed by atoms with van der Waals surface area (Å²) in [7, 11) is -1.71. The van der Waals surface area contributed by atoms with Crippen LogP contribution in [0.1, 0.15) is 31.2 Å². The molecule has 0 radical (unpaired) electrons. The highest BCUT2D eigenvalue weighted by Gasteiger charge is 2.33. The summed E-state index contributed by atoms with van der Waals surface area (Å²) in [5.74, 6) is 0.788. The highest BCUT2D eigenvalue weighted by molar-refractivity contribution is 7.90. The zero-order valence-electron chi connectivity index (χ0n) is 11.2. The molecule has 0 atom stereocenters. The lowest BCUT2D eigenvalue weighted by molar-refractivity contribution is -0.120. The van der Waals surface area contributed by atoms with E-state index >= 15 is 0 Å². The van der Waals surface area contributed by atoms with Crippen LogP contribution in [0, 0.1) is 0 Å². The normalized spacial score (nSPS) is 21.4. The molecule has 1 aromatic rings. The molecule has 0 aromatic heterocycles. The Morgan fingerprint density at radius 3 is 2.55 bits per heavy atom. The van der Waals surface area contributed by atoms with Crippen molar-refractivity contribution >= 4 is 21.6 Å². The first kappa shape index (κ1) is 13.3. The minimum atomic E-state index is -3.57. The molecule has 1 fully saturated rings. The number of fused-ring (bicyclic) bond motifs is 1. The number of rotatable bonds is 1. The number of benzene rings is 1. The van der Waals surface area contributed by atoms with Crippen LogP contribution in [0.15, 0.2) is 33.6 Å². The number of amidine groups is 1. The maximum absolute atomic E-state index is 12.0. The first-order valence-electron chi connectivity index (χ1n) is 6.68. The summed E-state index contributed by atoms with van der Waals surface area (Å²) in [6, 6.07) is 7.05. The Bertz CT molecular complexity index is 684. The zero-order valence-corrected chi connectivity index (χ0v) is 12.1. The van der Waals surface area contributed by atoms with Gasteiger partial charge in [0.1, 0.15) is 10.7 Å². The van der Waals surface area contributed by atoms with Gasteiger partial charge in [0.05, 0.1) is 0 Å². The monoisotopic (exact) mass is 292 g/mol. The fourth-order valence-corrected chi connectivity index (χ4v) is 4.07. The Kier molecular flexibility index (Phi) is 3.12. The van der Waals surface area contributed by atoms with Gasteiger partial charge in [-0.2, -0.15) is 8.42 Å². The first-order chi connectivity index (χ1) is 9.49. The van der Waals surface area contributed by atoms with Gasteiger partial charge in [-0.05, 0) is 25.0 Å². The van der Waals surface area contributed by atoms with Crippen LogP contribution in [0.3, 0.4) is 0 Å². The Morgan fingerprint density at radius 1 is 1.20 bits per heavy atom. The van der Waals surface area contributed by atoms with E-state index in [1.165, 1.54) is 0 Å². The number of hydrogen-bond acceptors (Lipinski definition) is 4. The lowest BCUT2D eigenvalue weighted by atomic mass is 9.93. The predicted molar refractivity (Wildman–Crippen MR) is 75.2 cm³/mol. The molecule has 2 aliphatic rings. The summed E-state index contributed by atoms with van der Waals surface area (Å²) in [4.78, 5) is 13.5. The second-order valence-electron chi connectivity index (χ2n) is 5.27.